The number of non-ortho nitro benzene ring substituents is 1. The van der Waals surface area contributed by atoms with E-state index in [2.05, 4.69) is 5.43 Å². The zero-order chi connectivity index (χ0) is 38.1. The minimum absolute atomic E-state index is 0.0779. The van der Waals surface area contributed by atoms with Crippen LogP contribution in [0.15, 0.2) is 103 Å². The molecule has 2 N–H and O–H groups in total. The number of allylic oxidation sites excluding steroid dienone is 2. The van der Waals surface area contributed by atoms with Crippen LogP contribution in [0.4, 0.5) is 17.1 Å². The average Bonchev–Trinajstić information content (AvgIpc) is 3.56. The fourth-order valence-electron chi connectivity index (χ4n) is 9.18. The van der Waals surface area contributed by atoms with Crippen molar-refractivity contribution < 1.29 is 38.7 Å². The second-order valence-electron chi connectivity index (χ2n) is 14.2. The molecule has 1 saturated carbocycles. The summed E-state index contributed by atoms with van der Waals surface area (Å²) in [6.07, 6.45) is 2.17. The fourth-order valence-corrected chi connectivity index (χ4v) is 9.18. The van der Waals surface area contributed by atoms with Crippen molar-refractivity contribution in [1.29, 1.82) is 0 Å². The average molecular weight is 729 g/mol. The SMILES string of the molecule is COc1cc(C2C3=CCC4C(=O)N(c5ccc([N+](=O)[O-])cc5)C(=O)C4C3CC3C(=O)N(Nc4ccc(C)cc4)C(=O)C32c2ccccc2)cc(OC)c1O. The minimum atomic E-state index is -1.54. The zero-order valence-electron chi connectivity index (χ0n) is 29.6. The van der Waals surface area contributed by atoms with E-state index in [-0.39, 0.29) is 41.5 Å². The van der Waals surface area contributed by atoms with Gasteiger partial charge in [0, 0.05) is 18.1 Å². The standard InChI is InChI=1S/C41H36N4O9/c1-22-9-11-25(12-10-22)42-44-38(48)31-21-30-28(17-18-29-34(30)39(49)43(37(29)47)26-13-15-27(16-14-26)45(51)52)35(23-19-32(53-2)36(46)33(20-23)54-3)41(31,40(44)50)24-7-5-4-6-8-24/h4-17,19-20,29-31,34-35,42,46H,18,21H2,1-3H3. The number of carbonyl (C=O) groups excluding carboxylic acids is 4. The number of anilines is 2. The van der Waals surface area contributed by atoms with Crippen LogP contribution in [0.3, 0.4) is 0 Å². The molecule has 6 atom stereocenters. The quantitative estimate of drug-likeness (QED) is 0.0977. The van der Waals surface area contributed by atoms with E-state index in [1.165, 1.54) is 38.5 Å². The Labute approximate surface area is 309 Å². The number of rotatable bonds is 8. The molecule has 0 aromatic heterocycles. The van der Waals surface area contributed by atoms with E-state index in [0.717, 1.165) is 15.5 Å². The van der Waals surface area contributed by atoms with Crippen LogP contribution in [0.5, 0.6) is 17.2 Å². The molecule has 0 radical (unpaired) electrons. The lowest BCUT2D eigenvalue weighted by molar-refractivity contribution is -0.384. The van der Waals surface area contributed by atoms with Gasteiger partial charge in [0.15, 0.2) is 11.5 Å². The van der Waals surface area contributed by atoms with Crippen molar-refractivity contribution in [3.05, 3.63) is 129 Å². The van der Waals surface area contributed by atoms with Crippen molar-refractivity contribution in [2.45, 2.75) is 31.1 Å². The Balaban J connectivity index is 1.33. The van der Waals surface area contributed by atoms with Crippen molar-refractivity contribution in [3.8, 4) is 17.2 Å². The summed E-state index contributed by atoms with van der Waals surface area (Å²) in [5.74, 6) is -6.15. The number of ether oxygens (including phenoxy) is 2. The molecule has 2 aliphatic heterocycles. The Morgan fingerprint density at radius 2 is 1.50 bits per heavy atom. The molecule has 54 heavy (non-hydrogen) atoms. The number of nitro benzene ring substituents is 1. The van der Waals surface area contributed by atoms with Gasteiger partial charge in [0.05, 0.1) is 53.7 Å². The van der Waals surface area contributed by atoms with Gasteiger partial charge in [-0.25, -0.2) is 0 Å². The third-order valence-electron chi connectivity index (χ3n) is 11.5. The topological polar surface area (TPSA) is 169 Å². The largest absolute Gasteiger partial charge is 0.502 e. The number of phenols is 1. The number of methoxy groups -OCH3 is 2. The molecule has 4 aromatic rings. The number of benzene rings is 4. The van der Waals surface area contributed by atoms with Gasteiger partial charge in [-0.3, -0.25) is 39.6 Å². The highest BCUT2D eigenvalue weighted by atomic mass is 16.6. The maximum Gasteiger partial charge on any atom is 0.269 e. The van der Waals surface area contributed by atoms with Crippen molar-refractivity contribution in [2.24, 2.45) is 23.7 Å². The van der Waals surface area contributed by atoms with Gasteiger partial charge >= 0.3 is 0 Å². The smallest absolute Gasteiger partial charge is 0.269 e. The summed E-state index contributed by atoms with van der Waals surface area (Å²) < 4.78 is 11.2. The number of amides is 4. The summed E-state index contributed by atoms with van der Waals surface area (Å²) in [6.45, 7) is 1.93. The van der Waals surface area contributed by atoms with Crippen LogP contribution in [-0.2, 0) is 24.6 Å². The molecule has 13 heteroatoms. The second kappa shape index (κ2) is 12.9. The van der Waals surface area contributed by atoms with Crippen LogP contribution in [0.25, 0.3) is 0 Å². The van der Waals surface area contributed by atoms with Gasteiger partial charge in [0.2, 0.25) is 17.6 Å². The number of nitrogens with zero attached hydrogens (tertiary/aromatic N) is 3. The Bertz CT molecular complexity index is 2230. The number of aromatic hydroxyl groups is 1. The van der Waals surface area contributed by atoms with Crippen LogP contribution in [0.1, 0.15) is 35.4 Å². The molecule has 4 aliphatic rings. The molecule has 8 rings (SSSR count). The maximum absolute atomic E-state index is 15.4. The van der Waals surface area contributed by atoms with Crippen LogP contribution in [-0.4, -0.2) is 52.9 Å². The summed E-state index contributed by atoms with van der Waals surface area (Å²) in [4.78, 5) is 70.7. The van der Waals surface area contributed by atoms with Gasteiger partial charge < -0.3 is 14.6 Å². The number of carbonyl (C=O) groups is 4. The third-order valence-corrected chi connectivity index (χ3v) is 11.5. The molecule has 0 spiro atoms. The van der Waals surface area contributed by atoms with Crippen LogP contribution in [0.2, 0.25) is 0 Å². The second-order valence-corrected chi connectivity index (χ2v) is 14.2. The number of hydrazine groups is 1. The lowest BCUT2D eigenvalue weighted by Crippen LogP contribution is -2.53. The Kier molecular flexibility index (Phi) is 8.24. The summed E-state index contributed by atoms with van der Waals surface area (Å²) in [5.41, 5.74) is 4.89. The molecule has 274 valence electrons. The summed E-state index contributed by atoms with van der Waals surface area (Å²) >= 11 is 0. The first-order chi connectivity index (χ1) is 26.0. The highest BCUT2D eigenvalue weighted by molar-refractivity contribution is 6.22. The van der Waals surface area contributed by atoms with Gasteiger partial charge in [-0.1, -0.05) is 59.7 Å². The van der Waals surface area contributed by atoms with Gasteiger partial charge in [0.1, 0.15) is 0 Å². The first-order valence-corrected chi connectivity index (χ1v) is 17.6. The van der Waals surface area contributed by atoms with Crippen LogP contribution < -0.4 is 19.8 Å². The van der Waals surface area contributed by atoms with E-state index in [1.807, 2.05) is 55.5 Å². The third kappa shape index (κ3) is 4.98. The van der Waals surface area contributed by atoms with E-state index in [1.54, 1.807) is 24.3 Å². The Morgan fingerprint density at radius 1 is 0.852 bits per heavy atom. The van der Waals surface area contributed by atoms with Crippen molar-refractivity contribution in [1.82, 2.24) is 5.01 Å². The van der Waals surface area contributed by atoms with E-state index >= 15 is 4.79 Å². The molecule has 0 bridgehead atoms. The van der Waals surface area contributed by atoms with E-state index in [4.69, 9.17) is 9.47 Å². The van der Waals surface area contributed by atoms with Crippen molar-refractivity contribution in [2.75, 3.05) is 24.5 Å². The number of fused-ring (bicyclic) bond motifs is 4. The lowest BCUT2D eigenvalue weighted by atomic mass is 9.49. The molecular formula is C41H36N4O9. The predicted octanol–water partition coefficient (Wildman–Crippen LogP) is 5.82. The van der Waals surface area contributed by atoms with E-state index < -0.39 is 63.6 Å². The highest BCUT2D eigenvalue weighted by Gasteiger charge is 2.70. The predicted molar refractivity (Wildman–Crippen MR) is 196 cm³/mol. The van der Waals surface area contributed by atoms with Gasteiger partial charge in [-0.15, -0.1) is 0 Å². The van der Waals surface area contributed by atoms with Crippen LogP contribution >= 0.6 is 0 Å². The zero-order valence-corrected chi connectivity index (χ0v) is 29.6. The Morgan fingerprint density at radius 3 is 2.11 bits per heavy atom. The number of hydrogen-bond donors (Lipinski definition) is 2. The molecule has 2 aliphatic carbocycles. The summed E-state index contributed by atoms with van der Waals surface area (Å²) in [7, 11) is 2.80. The first-order valence-electron chi connectivity index (χ1n) is 17.6. The number of phenolic OH excluding ortho intramolecular Hbond substituents is 1. The minimum Gasteiger partial charge on any atom is -0.502 e. The molecule has 4 aromatic carbocycles. The summed E-state index contributed by atoms with van der Waals surface area (Å²) in [5, 5.41) is 23.4. The molecular weight excluding hydrogens is 692 g/mol. The summed E-state index contributed by atoms with van der Waals surface area (Å²) in [6, 6.07) is 24.9. The van der Waals surface area contributed by atoms with Crippen molar-refractivity contribution >= 4 is 40.7 Å². The Hall–Kier alpha value is -6.50. The molecule has 2 saturated heterocycles. The van der Waals surface area contributed by atoms with Crippen LogP contribution in [0, 0.1) is 40.7 Å². The molecule has 6 unspecified atom stereocenters. The molecule has 4 amide bonds. The number of nitrogens with one attached hydrogen (secondary N) is 1. The number of imide groups is 2. The molecule has 3 fully saturated rings. The molecule has 13 nitrogen and oxygen atoms in total. The van der Waals surface area contributed by atoms with Gasteiger partial charge in [0.25, 0.3) is 17.5 Å². The fraction of sp³-hybridized carbons (Fsp3) is 0.268. The normalized spacial score (nSPS) is 25.8. The monoisotopic (exact) mass is 728 g/mol. The highest BCUT2D eigenvalue weighted by Crippen LogP contribution is 2.65. The number of nitro groups is 1. The first kappa shape index (κ1) is 34.6. The number of hydrogen-bond acceptors (Lipinski definition) is 10. The van der Waals surface area contributed by atoms with E-state index in [9.17, 15) is 29.6 Å². The maximum atomic E-state index is 15.4. The van der Waals surface area contributed by atoms with Gasteiger partial charge in [-0.2, -0.15) is 5.01 Å². The van der Waals surface area contributed by atoms with Gasteiger partial charge in [-0.05, 0) is 73.2 Å². The van der Waals surface area contributed by atoms with Crippen molar-refractivity contribution in [3.63, 3.8) is 0 Å². The lowest BCUT2D eigenvalue weighted by Gasteiger charge is -2.50. The number of aryl methyl sites for hydroxylation is 1. The van der Waals surface area contributed by atoms with E-state index in [0.29, 0.717) is 22.4 Å². The molecule has 2 heterocycles.